The highest BCUT2D eigenvalue weighted by atomic mass is 35.5. The molecule has 0 aromatic heterocycles. The molecular weight excluding hydrogens is 333 g/mol. The van der Waals surface area contributed by atoms with E-state index in [0.717, 1.165) is 31.2 Å². The van der Waals surface area contributed by atoms with Crippen molar-refractivity contribution in [2.75, 3.05) is 18.9 Å². The topological polar surface area (TPSA) is 69.6 Å². The molecule has 0 radical (unpaired) electrons. The van der Waals surface area contributed by atoms with E-state index in [9.17, 15) is 14.6 Å². The smallest absolute Gasteiger partial charge is 0.203 e. The summed E-state index contributed by atoms with van der Waals surface area (Å²) in [6.45, 7) is 0.921. The average molecular weight is 360 g/mol. The Labute approximate surface area is 143 Å². The van der Waals surface area contributed by atoms with Crippen molar-refractivity contribution in [1.29, 1.82) is 0 Å². The van der Waals surface area contributed by atoms with Gasteiger partial charge in [0.25, 0.3) is 0 Å². The van der Waals surface area contributed by atoms with E-state index in [2.05, 4.69) is 5.32 Å². The van der Waals surface area contributed by atoms with Gasteiger partial charge in [-0.2, -0.15) is 0 Å². The highest BCUT2D eigenvalue weighted by molar-refractivity contribution is 7.58. The summed E-state index contributed by atoms with van der Waals surface area (Å²) in [5, 5.41) is 13.8. The van der Waals surface area contributed by atoms with Crippen LogP contribution in [0, 0.1) is 5.92 Å². The Hall–Kier alpha value is -0.380. The quantitative estimate of drug-likeness (QED) is 0.620. The molecule has 2 atom stereocenters. The van der Waals surface area contributed by atoms with Crippen LogP contribution >= 0.6 is 19.0 Å². The number of hydrogen-bond donors (Lipinski definition) is 3. The zero-order valence-corrected chi connectivity index (χ0v) is 15.1. The van der Waals surface area contributed by atoms with Crippen LogP contribution in [0.5, 0.6) is 0 Å². The molecule has 0 heterocycles. The van der Waals surface area contributed by atoms with Crippen LogP contribution < -0.4 is 5.32 Å². The first-order chi connectivity index (χ1) is 10.9. The zero-order chi connectivity index (χ0) is 16.7. The van der Waals surface area contributed by atoms with E-state index in [0.29, 0.717) is 30.2 Å². The second-order valence-electron chi connectivity index (χ2n) is 6.63. The molecule has 0 spiro atoms. The summed E-state index contributed by atoms with van der Waals surface area (Å²) in [6.07, 6.45) is 5.22. The Morgan fingerprint density at radius 2 is 1.87 bits per heavy atom. The standard InChI is InChI=1S/C17H27ClNO3P/c18-16-8-6-14(7-9-16)10-19-11-17(20)13-23(21,22)12-15-4-2-1-3-5-15/h6-9,15,17,19-20H,1-5,10-13H2,(H,21,22)/t17-/m0/s1. The first-order valence-electron chi connectivity index (χ1n) is 8.39. The molecule has 130 valence electrons. The SMILES string of the molecule is O=P(O)(CC1CCCCC1)C[C@@H](O)CNCc1ccc(Cl)cc1. The van der Waals surface area contributed by atoms with E-state index in [1.807, 2.05) is 24.3 Å². The minimum absolute atomic E-state index is 0.0167. The zero-order valence-electron chi connectivity index (χ0n) is 13.5. The number of hydrogen-bond acceptors (Lipinski definition) is 3. The van der Waals surface area contributed by atoms with Gasteiger partial charge in [0.15, 0.2) is 0 Å². The van der Waals surface area contributed by atoms with Crippen LogP contribution in [0.3, 0.4) is 0 Å². The van der Waals surface area contributed by atoms with Crippen molar-refractivity contribution >= 4 is 19.0 Å². The maximum absolute atomic E-state index is 12.3. The second-order valence-corrected chi connectivity index (χ2v) is 9.49. The number of rotatable bonds is 8. The first-order valence-corrected chi connectivity index (χ1v) is 10.8. The lowest BCUT2D eigenvalue weighted by molar-refractivity contribution is 0.189. The molecule has 0 amide bonds. The van der Waals surface area contributed by atoms with Gasteiger partial charge in [0.2, 0.25) is 7.37 Å². The van der Waals surface area contributed by atoms with Gasteiger partial charge in [0.1, 0.15) is 0 Å². The van der Waals surface area contributed by atoms with E-state index in [1.54, 1.807) is 0 Å². The molecule has 0 bridgehead atoms. The number of aliphatic hydroxyl groups is 1. The molecule has 3 N–H and O–H groups in total. The fourth-order valence-corrected chi connectivity index (χ4v) is 5.46. The Kier molecular flexibility index (Phi) is 7.58. The van der Waals surface area contributed by atoms with Crippen LogP contribution in [0.15, 0.2) is 24.3 Å². The van der Waals surface area contributed by atoms with Crippen molar-refractivity contribution in [3.8, 4) is 0 Å². The third-order valence-corrected chi connectivity index (χ3v) is 6.72. The molecule has 1 fully saturated rings. The molecule has 0 aliphatic heterocycles. The van der Waals surface area contributed by atoms with Gasteiger partial charge >= 0.3 is 0 Å². The molecule has 1 aromatic rings. The third kappa shape index (κ3) is 7.36. The average Bonchev–Trinajstić information content (AvgIpc) is 2.49. The van der Waals surface area contributed by atoms with Gasteiger partial charge in [-0.3, -0.25) is 4.57 Å². The molecule has 1 unspecified atom stereocenters. The number of nitrogens with one attached hydrogen (secondary N) is 1. The lowest BCUT2D eigenvalue weighted by Crippen LogP contribution is -2.30. The summed E-state index contributed by atoms with van der Waals surface area (Å²) in [6, 6.07) is 7.48. The fraction of sp³-hybridized carbons (Fsp3) is 0.647. The summed E-state index contributed by atoms with van der Waals surface area (Å²) in [7, 11) is -3.24. The van der Waals surface area contributed by atoms with Crippen molar-refractivity contribution in [2.24, 2.45) is 5.92 Å². The van der Waals surface area contributed by atoms with Crippen LogP contribution in [-0.4, -0.2) is 35.0 Å². The Morgan fingerprint density at radius 1 is 1.22 bits per heavy atom. The lowest BCUT2D eigenvalue weighted by Gasteiger charge is -2.25. The molecule has 4 nitrogen and oxygen atoms in total. The highest BCUT2D eigenvalue weighted by Gasteiger charge is 2.27. The minimum atomic E-state index is -3.24. The summed E-state index contributed by atoms with van der Waals surface area (Å²) >= 11 is 5.83. The van der Waals surface area contributed by atoms with Crippen molar-refractivity contribution < 1.29 is 14.6 Å². The maximum atomic E-state index is 12.3. The Balaban J connectivity index is 1.69. The van der Waals surface area contributed by atoms with Gasteiger partial charge < -0.3 is 15.3 Å². The normalized spacial score (nSPS) is 20.1. The van der Waals surface area contributed by atoms with Crippen molar-refractivity contribution in [2.45, 2.75) is 44.8 Å². The summed E-state index contributed by atoms with van der Waals surface area (Å²) in [4.78, 5) is 10.1. The summed E-state index contributed by atoms with van der Waals surface area (Å²) < 4.78 is 12.3. The molecule has 1 aliphatic rings. The predicted molar refractivity (Wildman–Crippen MR) is 95.3 cm³/mol. The Morgan fingerprint density at radius 3 is 2.52 bits per heavy atom. The molecule has 1 aliphatic carbocycles. The first kappa shape index (κ1) is 19.0. The molecule has 2 rings (SSSR count). The molecular formula is C17H27ClNO3P. The predicted octanol–water partition coefficient (Wildman–Crippen LogP) is 3.64. The maximum Gasteiger partial charge on any atom is 0.203 e. The number of halogens is 1. The van der Waals surface area contributed by atoms with Crippen molar-refractivity contribution in [3.63, 3.8) is 0 Å². The van der Waals surface area contributed by atoms with E-state index in [-0.39, 0.29) is 6.16 Å². The van der Waals surface area contributed by atoms with Crippen LogP contribution in [-0.2, 0) is 11.1 Å². The monoisotopic (exact) mass is 359 g/mol. The van der Waals surface area contributed by atoms with Gasteiger partial charge in [-0.15, -0.1) is 0 Å². The molecule has 1 saturated carbocycles. The number of benzene rings is 1. The van der Waals surface area contributed by atoms with E-state index in [4.69, 9.17) is 11.6 Å². The molecule has 23 heavy (non-hydrogen) atoms. The second kappa shape index (κ2) is 9.19. The van der Waals surface area contributed by atoms with Gasteiger partial charge in [-0.25, -0.2) is 0 Å². The van der Waals surface area contributed by atoms with Crippen LogP contribution in [0.25, 0.3) is 0 Å². The summed E-state index contributed by atoms with van der Waals surface area (Å²) in [5.74, 6) is 0.355. The Bertz CT molecular complexity index is 517. The number of aliphatic hydroxyl groups excluding tert-OH is 1. The van der Waals surface area contributed by atoms with Crippen LogP contribution in [0.1, 0.15) is 37.7 Å². The van der Waals surface area contributed by atoms with Crippen molar-refractivity contribution in [1.82, 2.24) is 5.32 Å². The van der Waals surface area contributed by atoms with E-state index < -0.39 is 13.5 Å². The molecule has 0 saturated heterocycles. The molecule has 1 aromatic carbocycles. The largest absolute Gasteiger partial charge is 0.391 e. The van der Waals surface area contributed by atoms with Crippen LogP contribution in [0.4, 0.5) is 0 Å². The van der Waals surface area contributed by atoms with Gasteiger partial charge in [-0.05, 0) is 36.5 Å². The van der Waals surface area contributed by atoms with Crippen molar-refractivity contribution in [3.05, 3.63) is 34.9 Å². The summed E-state index contributed by atoms with van der Waals surface area (Å²) in [5.41, 5.74) is 1.07. The lowest BCUT2D eigenvalue weighted by atomic mass is 9.91. The van der Waals surface area contributed by atoms with E-state index >= 15 is 0 Å². The third-order valence-electron chi connectivity index (χ3n) is 4.39. The van der Waals surface area contributed by atoms with Gasteiger partial charge in [-0.1, -0.05) is 43.0 Å². The van der Waals surface area contributed by atoms with Gasteiger partial charge in [0, 0.05) is 24.3 Å². The molecule has 6 heteroatoms. The minimum Gasteiger partial charge on any atom is -0.391 e. The van der Waals surface area contributed by atoms with Crippen LogP contribution in [0.2, 0.25) is 5.02 Å². The fourth-order valence-electron chi connectivity index (χ4n) is 3.23. The van der Waals surface area contributed by atoms with Gasteiger partial charge in [0.05, 0.1) is 12.3 Å². The van der Waals surface area contributed by atoms with E-state index in [1.165, 1.54) is 6.42 Å². The highest BCUT2D eigenvalue weighted by Crippen LogP contribution is 2.45.